The molecule has 1 heterocycles. The molecule has 3 aromatic carbocycles. The number of nitro groups is 1. The predicted octanol–water partition coefficient (Wildman–Crippen LogP) is 6.24. The van der Waals surface area contributed by atoms with Crippen LogP contribution in [0.15, 0.2) is 60.7 Å². The van der Waals surface area contributed by atoms with Crippen LogP contribution < -0.4 is 0 Å². The normalized spacial score (nSPS) is 13.5. The second kappa shape index (κ2) is 12.3. The molecule has 0 radical (unpaired) electrons. The summed E-state index contributed by atoms with van der Waals surface area (Å²) in [7, 11) is 3.29. The Labute approximate surface area is 231 Å². The van der Waals surface area contributed by atoms with E-state index in [9.17, 15) is 10.1 Å². The van der Waals surface area contributed by atoms with Crippen molar-refractivity contribution in [1.29, 1.82) is 0 Å². The number of thiazole rings is 1. The number of para-hydroxylation sites is 1. The van der Waals surface area contributed by atoms with E-state index in [0.29, 0.717) is 52.5 Å². The average Bonchev–Trinajstić information content (AvgIpc) is 3.50. The molecule has 39 heavy (non-hydrogen) atoms. The first-order chi connectivity index (χ1) is 19.1. The third kappa shape index (κ3) is 5.59. The lowest BCUT2D eigenvalue weighted by Gasteiger charge is -2.32. The van der Waals surface area contributed by atoms with E-state index in [4.69, 9.17) is 23.9 Å². The lowest BCUT2D eigenvalue weighted by molar-refractivity contribution is -0.384. The van der Waals surface area contributed by atoms with Crippen molar-refractivity contribution in [3.63, 3.8) is 0 Å². The van der Waals surface area contributed by atoms with Crippen molar-refractivity contribution >= 4 is 27.2 Å². The van der Waals surface area contributed by atoms with Gasteiger partial charge in [0, 0.05) is 50.5 Å². The fourth-order valence-electron chi connectivity index (χ4n) is 5.37. The van der Waals surface area contributed by atoms with Crippen molar-refractivity contribution in [2.75, 3.05) is 53.9 Å². The van der Waals surface area contributed by atoms with Gasteiger partial charge in [-0.05, 0) is 59.4 Å². The van der Waals surface area contributed by atoms with E-state index < -0.39 is 5.41 Å². The molecule has 1 aliphatic rings. The van der Waals surface area contributed by atoms with Crippen molar-refractivity contribution in [3.8, 4) is 21.7 Å². The predicted molar refractivity (Wildman–Crippen MR) is 153 cm³/mol. The maximum absolute atomic E-state index is 11.8. The van der Waals surface area contributed by atoms with Gasteiger partial charge in [-0.3, -0.25) is 10.1 Å². The topological polar surface area (TPSA) is 93.0 Å². The number of methoxy groups -OCH3 is 2. The van der Waals surface area contributed by atoms with Gasteiger partial charge in [-0.2, -0.15) is 0 Å². The molecule has 9 heteroatoms. The van der Waals surface area contributed by atoms with Crippen LogP contribution in [-0.2, 0) is 24.4 Å². The van der Waals surface area contributed by atoms with Gasteiger partial charge in [0.2, 0.25) is 0 Å². The molecule has 0 amide bonds. The lowest BCUT2D eigenvalue weighted by atomic mass is 9.73. The van der Waals surface area contributed by atoms with Crippen molar-refractivity contribution in [2.24, 2.45) is 0 Å². The fraction of sp³-hybridized carbons (Fsp3) is 0.367. The summed E-state index contributed by atoms with van der Waals surface area (Å²) in [5.41, 5.74) is 5.73. The standard InChI is InChI=1S/C30H32N2O6S/c1-35-15-17-37-13-11-30(12-14-38-18-16-36-2)25-19-21(29-31-27-5-3-4-6-28(27)39-29)7-9-23(25)24-10-8-22(32(33)34)20-26(24)30/h3-10,19-20H,11-18H2,1-2H3. The Kier molecular flexibility index (Phi) is 8.64. The number of benzene rings is 3. The maximum Gasteiger partial charge on any atom is 0.269 e. The molecule has 0 N–H and O–H groups in total. The van der Waals surface area contributed by atoms with Gasteiger partial charge in [-0.1, -0.05) is 24.3 Å². The Morgan fingerprint density at radius 2 is 1.46 bits per heavy atom. The molecule has 0 spiro atoms. The van der Waals surface area contributed by atoms with E-state index in [1.54, 1.807) is 37.7 Å². The van der Waals surface area contributed by atoms with Crippen LogP contribution in [0.25, 0.3) is 31.9 Å². The van der Waals surface area contributed by atoms with Gasteiger partial charge in [0.05, 0.1) is 41.6 Å². The highest BCUT2D eigenvalue weighted by molar-refractivity contribution is 7.21. The number of non-ortho nitro benzene ring substituents is 1. The molecule has 0 bridgehead atoms. The zero-order valence-electron chi connectivity index (χ0n) is 22.2. The highest BCUT2D eigenvalue weighted by atomic mass is 32.1. The Morgan fingerprint density at radius 1 is 0.821 bits per heavy atom. The molecule has 1 aliphatic carbocycles. The van der Waals surface area contributed by atoms with Crippen LogP contribution in [0.2, 0.25) is 0 Å². The monoisotopic (exact) mass is 548 g/mol. The maximum atomic E-state index is 11.8. The average molecular weight is 549 g/mol. The number of nitro benzene ring substituents is 1. The molecule has 0 saturated carbocycles. The largest absolute Gasteiger partial charge is 0.382 e. The summed E-state index contributed by atoms with van der Waals surface area (Å²) >= 11 is 1.66. The zero-order chi connectivity index (χ0) is 27.2. The van der Waals surface area contributed by atoms with Gasteiger partial charge in [0.15, 0.2) is 0 Å². The lowest BCUT2D eigenvalue weighted by Crippen LogP contribution is -2.30. The quantitative estimate of drug-likeness (QED) is 0.105. The molecule has 0 unspecified atom stereocenters. The van der Waals surface area contributed by atoms with Gasteiger partial charge in [-0.25, -0.2) is 4.98 Å². The van der Waals surface area contributed by atoms with Crippen LogP contribution in [0.5, 0.6) is 0 Å². The van der Waals surface area contributed by atoms with E-state index in [2.05, 4.69) is 24.3 Å². The molecule has 204 valence electrons. The second-order valence-electron chi connectivity index (χ2n) is 9.53. The zero-order valence-corrected chi connectivity index (χ0v) is 23.0. The molecule has 0 fully saturated rings. The Morgan fingerprint density at radius 3 is 2.10 bits per heavy atom. The van der Waals surface area contributed by atoms with Crippen molar-refractivity contribution in [3.05, 3.63) is 81.9 Å². The number of nitrogens with zero attached hydrogens (tertiary/aromatic N) is 2. The summed E-state index contributed by atoms with van der Waals surface area (Å²) in [5.74, 6) is 0. The molecule has 8 nitrogen and oxygen atoms in total. The van der Waals surface area contributed by atoms with Gasteiger partial charge in [0.25, 0.3) is 5.69 Å². The number of aromatic nitrogens is 1. The number of fused-ring (bicyclic) bond motifs is 4. The first kappa shape index (κ1) is 27.4. The highest BCUT2D eigenvalue weighted by Gasteiger charge is 2.44. The summed E-state index contributed by atoms with van der Waals surface area (Å²) in [6.45, 7) is 2.94. The first-order valence-electron chi connectivity index (χ1n) is 13.0. The van der Waals surface area contributed by atoms with E-state index >= 15 is 0 Å². The van der Waals surface area contributed by atoms with Gasteiger partial charge >= 0.3 is 0 Å². The smallest absolute Gasteiger partial charge is 0.269 e. The highest BCUT2D eigenvalue weighted by Crippen LogP contribution is 2.54. The second-order valence-corrected chi connectivity index (χ2v) is 10.6. The molecule has 4 aromatic rings. The van der Waals surface area contributed by atoms with E-state index in [1.807, 2.05) is 24.3 Å². The van der Waals surface area contributed by atoms with Crippen LogP contribution in [0.3, 0.4) is 0 Å². The summed E-state index contributed by atoms with van der Waals surface area (Å²) in [4.78, 5) is 16.4. The molecule has 0 atom stereocenters. The Hall–Kier alpha value is -3.21. The first-order valence-corrected chi connectivity index (χ1v) is 13.8. The summed E-state index contributed by atoms with van der Waals surface area (Å²) in [5, 5.41) is 12.7. The van der Waals surface area contributed by atoms with Crippen LogP contribution >= 0.6 is 11.3 Å². The third-order valence-corrected chi connectivity index (χ3v) is 8.39. The summed E-state index contributed by atoms with van der Waals surface area (Å²) < 4.78 is 23.3. The van der Waals surface area contributed by atoms with Gasteiger partial charge < -0.3 is 18.9 Å². The van der Waals surface area contributed by atoms with Crippen LogP contribution in [-0.4, -0.2) is 63.8 Å². The van der Waals surface area contributed by atoms with Crippen molar-refractivity contribution in [2.45, 2.75) is 18.3 Å². The van der Waals surface area contributed by atoms with Crippen LogP contribution in [0.1, 0.15) is 24.0 Å². The third-order valence-electron chi connectivity index (χ3n) is 7.31. The van der Waals surface area contributed by atoms with Crippen LogP contribution in [0, 0.1) is 10.1 Å². The number of ether oxygens (including phenoxy) is 4. The van der Waals surface area contributed by atoms with Crippen molar-refractivity contribution in [1.82, 2.24) is 4.98 Å². The summed E-state index contributed by atoms with van der Waals surface area (Å²) in [6.07, 6.45) is 1.30. The molecular weight excluding hydrogens is 516 g/mol. The number of rotatable bonds is 14. The van der Waals surface area contributed by atoms with Gasteiger partial charge in [0.1, 0.15) is 5.01 Å². The molecule has 1 aromatic heterocycles. The Bertz CT molecular complexity index is 1410. The molecular formula is C30H32N2O6S. The SMILES string of the molecule is COCCOCCC1(CCOCCOC)c2cc(-c3nc4ccccc4s3)ccc2-c2ccc([N+](=O)[O-])cc21. The molecule has 5 rings (SSSR count). The van der Waals surface area contributed by atoms with Gasteiger partial charge in [-0.15, -0.1) is 11.3 Å². The number of hydrogen-bond donors (Lipinski definition) is 0. The van der Waals surface area contributed by atoms with Crippen LogP contribution in [0.4, 0.5) is 5.69 Å². The van der Waals surface area contributed by atoms with Crippen molar-refractivity contribution < 1.29 is 23.9 Å². The minimum Gasteiger partial charge on any atom is -0.382 e. The minimum atomic E-state index is -0.524. The number of hydrogen-bond acceptors (Lipinski definition) is 8. The minimum absolute atomic E-state index is 0.0814. The molecule has 0 aliphatic heterocycles. The summed E-state index contributed by atoms with van der Waals surface area (Å²) in [6, 6.07) is 19.8. The van der Waals surface area contributed by atoms with E-state index in [-0.39, 0.29) is 10.6 Å². The van der Waals surface area contributed by atoms with E-state index in [0.717, 1.165) is 43.0 Å². The van der Waals surface area contributed by atoms with E-state index in [1.165, 1.54) is 0 Å². The Balaban J connectivity index is 1.59. The fourth-order valence-corrected chi connectivity index (χ4v) is 6.33. The molecule has 0 saturated heterocycles.